The Balaban J connectivity index is 1.99. The number of rotatable bonds is 7. The molecule has 27 heavy (non-hydrogen) atoms. The van der Waals surface area contributed by atoms with Gasteiger partial charge in [-0.05, 0) is 30.3 Å². The van der Waals surface area contributed by atoms with E-state index in [4.69, 9.17) is 16.3 Å². The van der Waals surface area contributed by atoms with E-state index in [0.717, 1.165) is 0 Å². The number of halogens is 1. The molecule has 0 bridgehead atoms. The van der Waals surface area contributed by atoms with E-state index < -0.39 is 10.0 Å². The van der Waals surface area contributed by atoms with Crippen molar-refractivity contribution in [3.05, 3.63) is 69.7 Å². The number of para-hydroxylation sites is 1. The molecule has 0 aliphatic carbocycles. The van der Waals surface area contributed by atoms with E-state index >= 15 is 0 Å². The molecule has 0 aliphatic heterocycles. The summed E-state index contributed by atoms with van der Waals surface area (Å²) in [4.78, 5) is 19.4. The molecule has 7 nitrogen and oxygen atoms in total. The van der Waals surface area contributed by atoms with Crippen molar-refractivity contribution in [3.8, 4) is 0 Å². The van der Waals surface area contributed by atoms with E-state index in [-0.39, 0.29) is 36.0 Å². The van der Waals surface area contributed by atoms with Gasteiger partial charge in [0.1, 0.15) is 5.82 Å². The lowest BCUT2D eigenvalue weighted by atomic mass is 10.2. The highest BCUT2D eigenvalue weighted by Gasteiger charge is 2.25. The summed E-state index contributed by atoms with van der Waals surface area (Å²) in [5.41, 5.74) is 0.186. The molecular weight excluding hydrogens is 390 g/mol. The fraction of sp³-hybridized carbons (Fsp3) is 0.222. The molecule has 0 aliphatic rings. The number of H-pyrrole nitrogens is 1. The van der Waals surface area contributed by atoms with Crippen LogP contribution in [0.5, 0.6) is 0 Å². The first-order valence-electron chi connectivity index (χ1n) is 8.14. The third-order valence-corrected chi connectivity index (χ3v) is 6.04. The number of aromatic amines is 1. The topological polar surface area (TPSA) is 92.4 Å². The molecule has 0 atom stereocenters. The van der Waals surface area contributed by atoms with Crippen molar-refractivity contribution < 1.29 is 13.2 Å². The van der Waals surface area contributed by atoms with Crippen molar-refractivity contribution in [1.29, 1.82) is 0 Å². The monoisotopic (exact) mass is 407 g/mol. The van der Waals surface area contributed by atoms with Crippen molar-refractivity contribution in [2.24, 2.45) is 0 Å². The molecule has 3 rings (SSSR count). The highest BCUT2D eigenvalue weighted by Crippen LogP contribution is 2.21. The van der Waals surface area contributed by atoms with Gasteiger partial charge in [0.05, 0.1) is 29.0 Å². The molecule has 3 aromatic rings. The SMILES string of the molecule is COCCN(Cc1nc2ccccc2c(=O)[nH]1)S(=O)(=O)c1cccc(Cl)c1. The van der Waals surface area contributed by atoms with Crippen molar-refractivity contribution in [2.45, 2.75) is 11.4 Å². The van der Waals surface area contributed by atoms with Gasteiger partial charge in [-0.15, -0.1) is 0 Å². The first kappa shape index (κ1) is 19.5. The van der Waals surface area contributed by atoms with E-state index in [9.17, 15) is 13.2 Å². The fourth-order valence-electron chi connectivity index (χ4n) is 2.63. The highest BCUT2D eigenvalue weighted by atomic mass is 35.5. The summed E-state index contributed by atoms with van der Waals surface area (Å²) >= 11 is 5.94. The summed E-state index contributed by atoms with van der Waals surface area (Å²) in [7, 11) is -2.37. The van der Waals surface area contributed by atoms with Crippen LogP contribution in [0, 0.1) is 0 Å². The number of ether oxygens (including phenoxy) is 1. The third kappa shape index (κ3) is 4.36. The summed E-state index contributed by atoms with van der Waals surface area (Å²) in [5.74, 6) is 0.250. The molecule has 1 aromatic heterocycles. The summed E-state index contributed by atoms with van der Waals surface area (Å²) < 4.78 is 32.3. The standard InChI is InChI=1S/C18H18ClN3O4S/c1-26-10-9-22(27(24,25)14-6-4-5-13(19)11-14)12-17-20-16-8-3-2-7-15(16)18(23)21-17/h2-8,11H,9-10,12H2,1H3,(H,20,21,23). The van der Waals surface area contributed by atoms with Crippen molar-refractivity contribution >= 4 is 32.5 Å². The van der Waals surface area contributed by atoms with Crippen LogP contribution in [0.4, 0.5) is 0 Å². The Hall–Kier alpha value is -2.26. The second kappa shape index (κ2) is 8.18. The maximum absolute atomic E-state index is 13.0. The number of nitrogens with one attached hydrogen (secondary N) is 1. The van der Waals surface area contributed by atoms with Gasteiger partial charge in [-0.3, -0.25) is 4.79 Å². The van der Waals surface area contributed by atoms with E-state index in [1.165, 1.54) is 23.5 Å². The minimum atomic E-state index is -3.85. The second-order valence-electron chi connectivity index (χ2n) is 5.82. The second-order valence-corrected chi connectivity index (χ2v) is 8.19. The Morgan fingerprint density at radius 1 is 1.19 bits per heavy atom. The molecule has 0 saturated carbocycles. The minimum absolute atomic E-state index is 0.0641. The average Bonchev–Trinajstić information content (AvgIpc) is 2.65. The Morgan fingerprint density at radius 3 is 2.70 bits per heavy atom. The summed E-state index contributed by atoms with van der Waals surface area (Å²) in [6.45, 7) is 0.192. The Morgan fingerprint density at radius 2 is 1.96 bits per heavy atom. The molecule has 1 N–H and O–H groups in total. The van der Waals surface area contributed by atoms with Crippen molar-refractivity contribution in [1.82, 2.24) is 14.3 Å². The largest absolute Gasteiger partial charge is 0.383 e. The van der Waals surface area contributed by atoms with Gasteiger partial charge < -0.3 is 9.72 Å². The molecule has 142 valence electrons. The van der Waals surface area contributed by atoms with Crippen LogP contribution in [0.15, 0.2) is 58.2 Å². The smallest absolute Gasteiger partial charge is 0.258 e. The zero-order chi connectivity index (χ0) is 19.4. The zero-order valence-electron chi connectivity index (χ0n) is 14.6. The fourth-order valence-corrected chi connectivity index (χ4v) is 4.32. The Bertz CT molecular complexity index is 1110. The van der Waals surface area contributed by atoms with Gasteiger partial charge in [0.25, 0.3) is 5.56 Å². The number of benzene rings is 2. The molecule has 9 heteroatoms. The van der Waals surface area contributed by atoms with Crippen molar-refractivity contribution in [2.75, 3.05) is 20.3 Å². The van der Waals surface area contributed by atoms with Gasteiger partial charge in [0, 0.05) is 18.7 Å². The van der Waals surface area contributed by atoms with Gasteiger partial charge in [0.15, 0.2) is 0 Å². The minimum Gasteiger partial charge on any atom is -0.383 e. The summed E-state index contributed by atoms with van der Waals surface area (Å²) in [5, 5.41) is 0.766. The number of hydrogen-bond donors (Lipinski definition) is 1. The molecule has 2 aromatic carbocycles. The maximum Gasteiger partial charge on any atom is 0.258 e. The third-order valence-electron chi connectivity index (χ3n) is 3.97. The zero-order valence-corrected chi connectivity index (χ0v) is 16.1. The van der Waals surface area contributed by atoms with Crippen molar-refractivity contribution in [3.63, 3.8) is 0 Å². The van der Waals surface area contributed by atoms with Gasteiger partial charge in [-0.2, -0.15) is 4.31 Å². The van der Waals surface area contributed by atoms with Crippen LogP contribution < -0.4 is 5.56 Å². The number of methoxy groups -OCH3 is 1. The number of fused-ring (bicyclic) bond motifs is 1. The first-order chi connectivity index (χ1) is 12.9. The molecule has 0 amide bonds. The summed E-state index contributed by atoms with van der Waals surface area (Å²) in [6.07, 6.45) is 0. The van der Waals surface area contributed by atoms with E-state index in [2.05, 4.69) is 9.97 Å². The van der Waals surface area contributed by atoms with Crippen LogP contribution in [0.3, 0.4) is 0 Å². The predicted molar refractivity (Wildman–Crippen MR) is 103 cm³/mol. The van der Waals surface area contributed by atoms with Gasteiger partial charge in [0.2, 0.25) is 10.0 Å². The maximum atomic E-state index is 13.0. The van der Waals surface area contributed by atoms with E-state index in [0.29, 0.717) is 15.9 Å². The highest BCUT2D eigenvalue weighted by molar-refractivity contribution is 7.89. The molecule has 0 fully saturated rings. The van der Waals surface area contributed by atoms with E-state index in [1.807, 2.05) is 0 Å². The van der Waals surface area contributed by atoms with Crippen LogP contribution in [0.25, 0.3) is 10.9 Å². The Kier molecular flexibility index (Phi) is 5.91. The molecular formula is C18H18ClN3O4S. The number of nitrogens with zero attached hydrogens (tertiary/aromatic N) is 2. The van der Waals surface area contributed by atoms with Crippen LogP contribution in [0.2, 0.25) is 5.02 Å². The summed E-state index contributed by atoms with van der Waals surface area (Å²) in [6, 6.07) is 12.9. The molecule has 0 saturated heterocycles. The lowest BCUT2D eigenvalue weighted by Gasteiger charge is -2.21. The molecule has 0 spiro atoms. The number of sulfonamides is 1. The first-order valence-corrected chi connectivity index (χ1v) is 9.96. The van der Waals surface area contributed by atoms with Crippen LogP contribution in [-0.4, -0.2) is 43.0 Å². The molecule has 0 unspecified atom stereocenters. The Labute approximate surface area is 161 Å². The van der Waals surface area contributed by atoms with Gasteiger partial charge in [-0.25, -0.2) is 13.4 Å². The average molecular weight is 408 g/mol. The predicted octanol–water partition coefficient (Wildman–Crippen LogP) is 2.41. The molecule has 0 radical (unpaired) electrons. The normalized spacial score (nSPS) is 12.0. The van der Waals surface area contributed by atoms with Crippen LogP contribution in [-0.2, 0) is 21.3 Å². The van der Waals surface area contributed by atoms with Crippen LogP contribution >= 0.6 is 11.6 Å². The van der Waals surface area contributed by atoms with E-state index in [1.54, 1.807) is 36.4 Å². The number of aromatic nitrogens is 2. The lowest BCUT2D eigenvalue weighted by molar-refractivity contribution is 0.176. The lowest BCUT2D eigenvalue weighted by Crippen LogP contribution is -2.34. The molecule has 1 heterocycles. The van der Waals surface area contributed by atoms with Gasteiger partial charge in [-0.1, -0.05) is 29.8 Å². The quantitative estimate of drug-likeness (QED) is 0.649. The number of hydrogen-bond acceptors (Lipinski definition) is 5. The van der Waals surface area contributed by atoms with Crippen LogP contribution in [0.1, 0.15) is 5.82 Å². The van der Waals surface area contributed by atoms with Gasteiger partial charge >= 0.3 is 0 Å².